The zero-order chi connectivity index (χ0) is 24.4. The lowest BCUT2D eigenvalue weighted by Crippen LogP contribution is -2.50. The Balaban J connectivity index is 1.26. The molecule has 0 saturated carbocycles. The number of ether oxygens (including phenoxy) is 1. The molecule has 0 unspecified atom stereocenters. The van der Waals surface area contributed by atoms with Crippen LogP contribution in [0.15, 0.2) is 84.1 Å². The summed E-state index contributed by atoms with van der Waals surface area (Å²) >= 11 is 0. The quantitative estimate of drug-likeness (QED) is 0.427. The van der Waals surface area contributed by atoms with Crippen molar-refractivity contribution < 1.29 is 17.9 Å². The van der Waals surface area contributed by atoms with Crippen molar-refractivity contribution in [3.8, 4) is 17.0 Å². The standard InChI is InChI=1S/C26H24N4O4S/c1-34-23-8-6-22-17-24(9-7-21(22)16-23)35(32,33)30-14-12-29(13-15-30)26(31)20-4-2-19(3-5-20)25-10-11-27-18-28-25/h2-11,16-18H,12-15H2,1H3. The van der Waals surface area contributed by atoms with Crippen LogP contribution in [0.4, 0.5) is 0 Å². The van der Waals surface area contributed by atoms with Crippen molar-refractivity contribution in [2.45, 2.75) is 4.90 Å². The van der Waals surface area contributed by atoms with E-state index >= 15 is 0 Å². The Morgan fingerprint density at radius 3 is 2.29 bits per heavy atom. The Labute approximate surface area is 203 Å². The van der Waals surface area contributed by atoms with E-state index in [4.69, 9.17) is 4.74 Å². The maximum Gasteiger partial charge on any atom is 0.253 e. The summed E-state index contributed by atoms with van der Waals surface area (Å²) in [6.45, 7) is 1.15. The van der Waals surface area contributed by atoms with Gasteiger partial charge in [-0.3, -0.25) is 4.79 Å². The van der Waals surface area contributed by atoms with Crippen molar-refractivity contribution in [2.75, 3.05) is 33.3 Å². The summed E-state index contributed by atoms with van der Waals surface area (Å²) in [5.41, 5.74) is 2.24. The highest BCUT2D eigenvalue weighted by Gasteiger charge is 2.30. The molecule has 1 aliphatic rings. The van der Waals surface area contributed by atoms with Gasteiger partial charge in [0, 0.05) is 43.5 Å². The third-order valence-electron chi connectivity index (χ3n) is 6.19. The van der Waals surface area contributed by atoms with Gasteiger partial charge in [-0.1, -0.05) is 24.3 Å². The fraction of sp³-hybridized carbons (Fsp3) is 0.192. The topological polar surface area (TPSA) is 92.7 Å². The maximum absolute atomic E-state index is 13.3. The SMILES string of the molecule is COc1ccc2cc(S(=O)(=O)N3CCN(C(=O)c4ccc(-c5ccncn5)cc4)CC3)ccc2c1. The molecule has 1 fully saturated rings. The second kappa shape index (κ2) is 9.44. The summed E-state index contributed by atoms with van der Waals surface area (Å²) in [7, 11) is -2.07. The summed E-state index contributed by atoms with van der Waals surface area (Å²) in [5, 5.41) is 1.73. The second-order valence-corrected chi connectivity index (χ2v) is 10.2. The third kappa shape index (κ3) is 4.60. The number of carbonyl (C=O) groups excluding carboxylic acids is 1. The largest absolute Gasteiger partial charge is 0.497 e. The van der Waals surface area contributed by atoms with Crippen molar-refractivity contribution in [1.29, 1.82) is 0 Å². The number of aromatic nitrogens is 2. The molecule has 5 rings (SSSR count). The highest BCUT2D eigenvalue weighted by molar-refractivity contribution is 7.89. The van der Waals surface area contributed by atoms with Gasteiger partial charge in [-0.25, -0.2) is 18.4 Å². The van der Waals surface area contributed by atoms with Crippen LogP contribution in [0.3, 0.4) is 0 Å². The van der Waals surface area contributed by atoms with Gasteiger partial charge in [0.05, 0.1) is 17.7 Å². The normalized spacial score (nSPS) is 14.7. The van der Waals surface area contributed by atoms with Crippen molar-refractivity contribution >= 4 is 26.7 Å². The molecular weight excluding hydrogens is 464 g/mol. The number of methoxy groups -OCH3 is 1. The number of piperazine rings is 1. The number of sulfonamides is 1. The minimum Gasteiger partial charge on any atom is -0.497 e. The van der Waals surface area contributed by atoms with E-state index in [9.17, 15) is 13.2 Å². The summed E-state index contributed by atoms with van der Waals surface area (Å²) in [4.78, 5) is 23.1. The minimum atomic E-state index is -3.67. The first-order chi connectivity index (χ1) is 17.0. The van der Waals surface area contributed by atoms with Crippen molar-refractivity contribution in [3.63, 3.8) is 0 Å². The highest BCUT2D eigenvalue weighted by Crippen LogP contribution is 2.26. The third-order valence-corrected chi connectivity index (χ3v) is 8.09. The molecule has 178 valence electrons. The van der Waals surface area contributed by atoms with Crippen LogP contribution in [-0.2, 0) is 10.0 Å². The van der Waals surface area contributed by atoms with Gasteiger partial charge < -0.3 is 9.64 Å². The Bertz CT molecular complexity index is 1470. The molecule has 1 aromatic heterocycles. The van der Waals surface area contributed by atoms with E-state index in [1.807, 2.05) is 36.4 Å². The van der Waals surface area contributed by atoms with E-state index < -0.39 is 10.0 Å². The molecule has 4 aromatic rings. The van der Waals surface area contributed by atoms with Crippen LogP contribution < -0.4 is 4.74 Å². The van der Waals surface area contributed by atoms with Crippen molar-refractivity contribution in [3.05, 3.63) is 84.8 Å². The summed E-state index contributed by atoms with van der Waals surface area (Å²) in [5.74, 6) is 0.605. The van der Waals surface area contributed by atoms with E-state index in [2.05, 4.69) is 9.97 Å². The van der Waals surface area contributed by atoms with Gasteiger partial charge in [0.1, 0.15) is 12.1 Å². The number of benzene rings is 3. The molecular formula is C26H24N4O4S. The summed E-state index contributed by atoms with van der Waals surface area (Å²) in [6, 6.07) is 19.7. The number of hydrogen-bond acceptors (Lipinski definition) is 6. The molecule has 2 heterocycles. The van der Waals surface area contributed by atoms with Crippen LogP contribution in [0.25, 0.3) is 22.0 Å². The lowest BCUT2D eigenvalue weighted by molar-refractivity contribution is 0.0698. The first kappa shape index (κ1) is 22.9. The Hall–Kier alpha value is -3.82. The molecule has 1 saturated heterocycles. The van der Waals surface area contributed by atoms with E-state index in [1.54, 1.807) is 48.5 Å². The Kier molecular flexibility index (Phi) is 6.19. The van der Waals surface area contributed by atoms with E-state index in [0.717, 1.165) is 27.8 Å². The Morgan fingerprint density at radius 2 is 1.60 bits per heavy atom. The fourth-order valence-corrected chi connectivity index (χ4v) is 5.66. The zero-order valence-corrected chi connectivity index (χ0v) is 20.0. The molecule has 0 spiro atoms. The van der Waals surface area contributed by atoms with Crippen LogP contribution in [0, 0.1) is 0 Å². The van der Waals surface area contributed by atoms with E-state index in [-0.39, 0.29) is 23.9 Å². The fourth-order valence-electron chi connectivity index (χ4n) is 4.20. The molecule has 0 radical (unpaired) electrons. The van der Waals surface area contributed by atoms with Crippen molar-refractivity contribution in [2.24, 2.45) is 0 Å². The molecule has 0 N–H and O–H groups in total. The monoisotopic (exact) mass is 488 g/mol. The number of carbonyl (C=O) groups is 1. The Morgan fingerprint density at radius 1 is 0.886 bits per heavy atom. The second-order valence-electron chi connectivity index (χ2n) is 8.24. The van der Waals surface area contributed by atoms with Crippen LogP contribution in [0.1, 0.15) is 10.4 Å². The number of fused-ring (bicyclic) bond motifs is 1. The van der Waals surface area contributed by atoms with Gasteiger partial charge in [0.25, 0.3) is 5.91 Å². The van der Waals surface area contributed by atoms with Crippen LogP contribution in [0.2, 0.25) is 0 Å². The van der Waals surface area contributed by atoms with Gasteiger partial charge in [-0.15, -0.1) is 0 Å². The van der Waals surface area contributed by atoms with Gasteiger partial charge in [-0.2, -0.15) is 4.31 Å². The van der Waals surface area contributed by atoms with Gasteiger partial charge in [-0.05, 0) is 53.2 Å². The van der Waals surface area contributed by atoms with E-state index in [0.29, 0.717) is 18.7 Å². The smallest absolute Gasteiger partial charge is 0.253 e. The molecule has 0 bridgehead atoms. The molecule has 9 heteroatoms. The van der Waals surface area contributed by atoms with Gasteiger partial charge in [0.2, 0.25) is 10.0 Å². The number of rotatable bonds is 5. The van der Waals surface area contributed by atoms with Crippen molar-refractivity contribution in [1.82, 2.24) is 19.2 Å². The van der Waals surface area contributed by atoms with Crippen LogP contribution in [-0.4, -0.2) is 66.8 Å². The van der Waals surface area contributed by atoms with E-state index in [1.165, 1.54) is 10.6 Å². The predicted octanol–water partition coefficient (Wildman–Crippen LogP) is 3.45. The average molecular weight is 489 g/mol. The lowest BCUT2D eigenvalue weighted by atomic mass is 10.1. The maximum atomic E-state index is 13.3. The lowest BCUT2D eigenvalue weighted by Gasteiger charge is -2.34. The van der Waals surface area contributed by atoms with Crippen LogP contribution in [0.5, 0.6) is 5.75 Å². The van der Waals surface area contributed by atoms with Gasteiger partial charge >= 0.3 is 0 Å². The average Bonchev–Trinajstić information content (AvgIpc) is 2.92. The molecule has 3 aromatic carbocycles. The first-order valence-corrected chi connectivity index (χ1v) is 12.6. The summed E-state index contributed by atoms with van der Waals surface area (Å²) < 4.78 is 33.2. The predicted molar refractivity (Wildman–Crippen MR) is 133 cm³/mol. The summed E-state index contributed by atoms with van der Waals surface area (Å²) in [6.07, 6.45) is 3.15. The number of hydrogen-bond donors (Lipinski definition) is 0. The highest BCUT2D eigenvalue weighted by atomic mass is 32.2. The molecule has 0 aliphatic carbocycles. The number of amides is 1. The molecule has 1 amide bonds. The number of nitrogens with zero attached hydrogens (tertiary/aromatic N) is 4. The molecule has 1 aliphatic heterocycles. The zero-order valence-electron chi connectivity index (χ0n) is 19.2. The minimum absolute atomic E-state index is 0.115. The molecule has 0 atom stereocenters. The van der Waals surface area contributed by atoms with Crippen LogP contribution >= 0.6 is 0 Å². The first-order valence-electron chi connectivity index (χ1n) is 11.2. The molecule has 8 nitrogen and oxygen atoms in total. The molecule has 35 heavy (non-hydrogen) atoms. The van der Waals surface area contributed by atoms with Gasteiger partial charge in [0.15, 0.2) is 0 Å².